The van der Waals surface area contributed by atoms with Crippen LogP contribution in [0.3, 0.4) is 0 Å². The maximum Gasteiger partial charge on any atom is 0.231 e. The molecule has 0 unspecified atom stereocenters. The molecule has 3 aliphatic rings. The Labute approximate surface area is 206 Å². The van der Waals surface area contributed by atoms with E-state index in [2.05, 4.69) is 4.90 Å². The van der Waals surface area contributed by atoms with Gasteiger partial charge >= 0.3 is 0 Å². The van der Waals surface area contributed by atoms with E-state index >= 15 is 0 Å². The summed E-state index contributed by atoms with van der Waals surface area (Å²) in [5.74, 6) is 2.77. The van der Waals surface area contributed by atoms with Crippen LogP contribution in [0, 0.1) is 6.92 Å². The van der Waals surface area contributed by atoms with E-state index in [-0.39, 0.29) is 18.3 Å². The monoisotopic (exact) mass is 495 g/mol. The number of carbonyl (C=O) groups is 1. The van der Waals surface area contributed by atoms with Crippen molar-refractivity contribution < 1.29 is 23.7 Å². The summed E-state index contributed by atoms with van der Waals surface area (Å²) in [4.78, 5) is 15.3. The van der Waals surface area contributed by atoms with Gasteiger partial charge in [0.25, 0.3) is 0 Å². The minimum absolute atomic E-state index is 0.188. The molecule has 0 saturated carbocycles. The van der Waals surface area contributed by atoms with Crippen LogP contribution >= 0.6 is 23.2 Å². The van der Waals surface area contributed by atoms with Crippen LogP contribution in [0.2, 0.25) is 10.0 Å². The summed E-state index contributed by atoms with van der Waals surface area (Å²) in [5.41, 5.74) is 3.90. The van der Waals surface area contributed by atoms with Crippen molar-refractivity contribution in [3.05, 3.63) is 86.1 Å². The molecular formula is C26H19Cl2NO5. The van der Waals surface area contributed by atoms with Gasteiger partial charge in [-0.1, -0.05) is 35.3 Å². The summed E-state index contributed by atoms with van der Waals surface area (Å²) in [5, 5.41) is 0.900. The molecule has 0 N–H and O–H groups in total. The number of rotatable bonds is 3. The number of ketones is 1. The molecule has 0 bridgehead atoms. The molecule has 0 amide bonds. The lowest BCUT2D eigenvalue weighted by atomic mass is 9.99. The van der Waals surface area contributed by atoms with Gasteiger partial charge in [-0.05, 0) is 48.9 Å². The molecule has 0 atom stereocenters. The lowest BCUT2D eigenvalue weighted by Gasteiger charge is -2.30. The van der Waals surface area contributed by atoms with Crippen molar-refractivity contribution in [3.8, 4) is 23.0 Å². The smallest absolute Gasteiger partial charge is 0.231 e. The van der Waals surface area contributed by atoms with E-state index in [4.69, 9.17) is 42.1 Å². The molecule has 0 aliphatic carbocycles. The van der Waals surface area contributed by atoms with E-state index in [0.29, 0.717) is 46.7 Å². The Bertz CT molecular complexity index is 1360. The molecule has 3 heterocycles. The fourth-order valence-electron chi connectivity index (χ4n) is 4.48. The van der Waals surface area contributed by atoms with Crippen LogP contribution in [-0.2, 0) is 13.1 Å². The first kappa shape index (κ1) is 21.4. The van der Waals surface area contributed by atoms with Gasteiger partial charge in [-0.25, -0.2) is 0 Å². The molecule has 0 saturated heterocycles. The van der Waals surface area contributed by atoms with Crippen LogP contribution in [0.25, 0.3) is 6.08 Å². The number of Topliss-reactive ketones (excluding diaryl/α,β-unsaturated/α-hetero) is 1. The van der Waals surface area contributed by atoms with Crippen molar-refractivity contribution in [2.24, 2.45) is 0 Å². The minimum Gasteiger partial charge on any atom is -0.477 e. The highest BCUT2D eigenvalue weighted by Gasteiger charge is 2.34. The normalized spacial score (nSPS) is 17.4. The molecule has 6 rings (SSSR count). The molecule has 0 aromatic heterocycles. The van der Waals surface area contributed by atoms with E-state index < -0.39 is 0 Å². The zero-order valence-electron chi connectivity index (χ0n) is 18.2. The van der Waals surface area contributed by atoms with E-state index in [1.165, 1.54) is 0 Å². The van der Waals surface area contributed by atoms with Crippen LogP contribution in [-0.4, -0.2) is 24.2 Å². The van der Waals surface area contributed by atoms with Crippen molar-refractivity contribution >= 4 is 35.1 Å². The second-order valence-electron chi connectivity index (χ2n) is 8.39. The predicted octanol–water partition coefficient (Wildman–Crippen LogP) is 6.00. The Hall–Kier alpha value is -3.19. The molecule has 172 valence electrons. The topological polar surface area (TPSA) is 57.2 Å². The fraction of sp³-hybridized carbons (Fsp3) is 0.192. The highest BCUT2D eigenvalue weighted by atomic mass is 35.5. The number of benzene rings is 3. The highest BCUT2D eigenvalue weighted by Crippen LogP contribution is 2.44. The maximum absolute atomic E-state index is 13.2. The number of ether oxygens (including phenoxy) is 4. The fourth-order valence-corrected chi connectivity index (χ4v) is 4.98. The van der Waals surface area contributed by atoms with Crippen molar-refractivity contribution in [2.75, 3.05) is 13.5 Å². The summed E-state index contributed by atoms with van der Waals surface area (Å²) < 4.78 is 22.9. The Balaban J connectivity index is 1.27. The number of carbonyl (C=O) groups excluding carboxylic acids is 1. The number of nitrogens with zero attached hydrogens (tertiary/aromatic N) is 1. The molecule has 8 heteroatoms. The number of fused-ring (bicyclic) bond motifs is 3. The maximum atomic E-state index is 13.2. The first-order valence-corrected chi connectivity index (χ1v) is 11.5. The molecule has 34 heavy (non-hydrogen) atoms. The van der Waals surface area contributed by atoms with Crippen molar-refractivity contribution in [3.63, 3.8) is 0 Å². The van der Waals surface area contributed by atoms with Crippen molar-refractivity contribution in [2.45, 2.75) is 20.0 Å². The standard InChI is InChI=1S/C26H19Cl2NO5/c1-14-25-16(11-29(12-31-25)10-15-5-6-21-22(7-15)33-13-32-21)8-18-24(30)23(34-26(14)18)9-17-19(27)3-2-4-20(17)28/h2-9H,10-13H2,1H3/b23-9-. The van der Waals surface area contributed by atoms with Gasteiger partial charge in [-0.2, -0.15) is 0 Å². The van der Waals surface area contributed by atoms with E-state index in [9.17, 15) is 4.79 Å². The Morgan fingerprint density at radius 1 is 1.00 bits per heavy atom. The van der Waals surface area contributed by atoms with Gasteiger partial charge in [-0.15, -0.1) is 0 Å². The largest absolute Gasteiger partial charge is 0.477 e. The van der Waals surface area contributed by atoms with E-state index in [0.717, 1.165) is 33.9 Å². The highest BCUT2D eigenvalue weighted by molar-refractivity contribution is 6.37. The molecule has 3 aromatic carbocycles. The Kier molecular flexibility index (Phi) is 5.17. The van der Waals surface area contributed by atoms with Crippen molar-refractivity contribution in [1.82, 2.24) is 4.90 Å². The number of hydrogen-bond donors (Lipinski definition) is 0. The van der Waals surface area contributed by atoms with Gasteiger partial charge in [0.15, 0.2) is 17.3 Å². The van der Waals surface area contributed by atoms with Gasteiger partial charge < -0.3 is 18.9 Å². The molecule has 6 nitrogen and oxygen atoms in total. The minimum atomic E-state index is -0.204. The first-order chi connectivity index (χ1) is 16.5. The van der Waals surface area contributed by atoms with Gasteiger partial charge in [-0.3, -0.25) is 9.69 Å². The van der Waals surface area contributed by atoms with Gasteiger partial charge in [0.1, 0.15) is 18.2 Å². The molecule has 3 aromatic rings. The number of halogens is 2. The van der Waals surface area contributed by atoms with Crippen LogP contribution < -0.4 is 18.9 Å². The quantitative estimate of drug-likeness (QED) is 0.415. The van der Waals surface area contributed by atoms with E-state index in [1.807, 2.05) is 31.2 Å². The Morgan fingerprint density at radius 2 is 1.79 bits per heavy atom. The summed E-state index contributed by atoms with van der Waals surface area (Å²) >= 11 is 12.6. The lowest BCUT2D eigenvalue weighted by molar-refractivity contribution is 0.0876. The molecule has 3 aliphatic heterocycles. The summed E-state index contributed by atoms with van der Waals surface area (Å²) in [7, 11) is 0. The summed E-state index contributed by atoms with van der Waals surface area (Å²) in [6.07, 6.45) is 1.60. The average molecular weight is 496 g/mol. The average Bonchev–Trinajstić information content (AvgIpc) is 3.41. The summed E-state index contributed by atoms with van der Waals surface area (Å²) in [6.45, 7) is 3.89. The Morgan fingerprint density at radius 3 is 2.62 bits per heavy atom. The third-order valence-electron chi connectivity index (χ3n) is 6.12. The van der Waals surface area contributed by atoms with E-state index in [1.54, 1.807) is 24.3 Å². The predicted molar refractivity (Wildman–Crippen MR) is 128 cm³/mol. The SMILES string of the molecule is Cc1c2c(cc3c1O/C(=C\c1c(Cl)cccc1Cl)C3=O)CN(Cc1ccc3c(c1)OCO3)CO2. The third-order valence-corrected chi connectivity index (χ3v) is 6.78. The summed E-state index contributed by atoms with van der Waals surface area (Å²) in [6, 6.07) is 13.0. The van der Waals surface area contributed by atoms with Gasteiger partial charge in [0.05, 0.1) is 5.56 Å². The molecule has 0 radical (unpaired) electrons. The zero-order valence-corrected chi connectivity index (χ0v) is 19.7. The molecular weight excluding hydrogens is 477 g/mol. The lowest BCUT2D eigenvalue weighted by Crippen LogP contribution is -2.32. The first-order valence-electron chi connectivity index (χ1n) is 10.8. The number of hydrogen-bond acceptors (Lipinski definition) is 6. The van der Waals surface area contributed by atoms with Gasteiger partial charge in [0, 0.05) is 39.8 Å². The molecule has 0 fully saturated rings. The second-order valence-corrected chi connectivity index (χ2v) is 9.20. The van der Waals surface area contributed by atoms with Crippen LogP contribution in [0.5, 0.6) is 23.0 Å². The van der Waals surface area contributed by atoms with Crippen LogP contribution in [0.4, 0.5) is 0 Å². The third kappa shape index (κ3) is 3.59. The molecule has 0 spiro atoms. The van der Waals surface area contributed by atoms with Gasteiger partial charge in [0.2, 0.25) is 12.6 Å². The zero-order chi connectivity index (χ0) is 23.4. The van der Waals surface area contributed by atoms with Crippen molar-refractivity contribution in [1.29, 1.82) is 0 Å². The van der Waals surface area contributed by atoms with Crippen LogP contribution in [0.15, 0.2) is 48.2 Å². The number of allylic oxidation sites excluding steroid dienone is 1. The second kappa shape index (κ2) is 8.24. The van der Waals surface area contributed by atoms with Crippen LogP contribution in [0.1, 0.15) is 32.6 Å².